The van der Waals surface area contributed by atoms with Crippen molar-refractivity contribution in [1.29, 1.82) is 0 Å². The maximum Gasteiger partial charge on any atom is 0.184 e. The molecule has 7 N–H and O–H groups in total. The van der Waals surface area contributed by atoms with E-state index in [1.807, 2.05) is 0 Å². The highest BCUT2D eigenvalue weighted by atomic mass is 16.7. The highest BCUT2D eigenvalue weighted by molar-refractivity contribution is 4.91. The summed E-state index contributed by atoms with van der Waals surface area (Å²) in [6.45, 7) is -1.11. The van der Waals surface area contributed by atoms with Crippen LogP contribution in [0.4, 0.5) is 0 Å². The zero-order valence-corrected chi connectivity index (χ0v) is 11.7. The van der Waals surface area contributed by atoms with Crippen molar-refractivity contribution >= 4 is 0 Å². The third-order valence-electron chi connectivity index (χ3n) is 3.85. The molecule has 2 aliphatic rings. The minimum Gasteiger partial charge on any atom is -0.394 e. The molecule has 0 spiro atoms. The zero-order chi connectivity index (χ0) is 16.4. The van der Waals surface area contributed by atoms with Crippen molar-refractivity contribution in [3.8, 4) is 0 Å². The van der Waals surface area contributed by atoms with Crippen LogP contribution in [0.25, 0.3) is 0 Å². The molecule has 0 aromatic rings. The lowest BCUT2D eigenvalue weighted by molar-refractivity contribution is -0.343. The Morgan fingerprint density at radius 3 is 2.05 bits per heavy atom. The first-order chi connectivity index (χ1) is 10.4. The van der Waals surface area contributed by atoms with Gasteiger partial charge in [-0.3, -0.25) is 0 Å². The lowest BCUT2D eigenvalue weighted by atomic mass is 9.98. The Hall–Kier alpha value is -0.400. The molecule has 0 amide bonds. The summed E-state index contributed by atoms with van der Waals surface area (Å²) in [5, 5.41) is 66.7. The number of ether oxygens (including phenoxy) is 3. The van der Waals surface area contributed by atoms with Gasteiger partial charge in [-0.15, -0.1) is 0 Å². The van der Waals surface area contributed by atoms with Gasteiger partial charge in [-0.1, -0.05) is 0 Å². The van der Waals surface area contributed by atoms with Crippen LogP contribution in [-0.2, 0) is 14.2 Å². The standard InChI is InChI=1S/C12H22O10/c13-2-6-4(15)1-5(16)12(21-6)22-10-7(3-14)20-11(19)9(18)8(10)17/h4-19H,1-3H2/t4-,5-,6-,7-,8-,9-,10+,11-,12-/m1/s1. The maximum absolute atomic E-state index is 9.94. The quantitative estimate of drug-likeness (QED) is 0.268. The second kappa shape index (κ2) is 7.45. The highest BCUT2D eigenvalue weighted by Crippen LogP contribution is 2.28. The van der Waals surface area contributed by atoms with Crippen LogP contribution in [0.3, 0.4) is 0 Å². The van der Waals surface area contributed by atoms with Gasteiger partial charge in [-0.2, -0.15) is 0 Å². The highest BCUT2D eigenvalue weighted by Gasteiger charge is 2.47. The van der Waals surface area contributed by atoms with Gasteiger partial charge in [0, 0.05) is 6.42 Å². The van der Waals surface area contributed by atoms with E-state index in [4.69, 9.17) is 19.3 Å². The van der Waals surface area contributed by atoms with Crippen LogP contribution in [0.5, 0.6) is 0 Å². The van der Waals surface area contributed by atoms with Crippen LogP contribution in [0.1, 0.15) is 6.42 Å². The van der Waals surface area contributed by atoms with Gasteiger partial charge in [0.15, 0.2) is 12.6 Å². The van der Waals surface area contributed by atoms with E-state index in [9.17, 15) is 30.6 Å². The van der Waals surface area contributed by atoms with Crippen molar-refractivity contribution in [2.75, 3.05) is 13.2 Å². The van der Waals surface area contributed by atoms with Gasteiger partial charge < -0.3 is 50.0 Å². The van der Waals surface area contributed by atoms with E-state index in [0.717, 1.165) is 0 Å². The molecule has 2 rings (SSSR count). The predicted octanol–water partition coefficient (Wildman–Crippen LogP) is -4.37. The fraction of sp³-hybridized carbons (Fsp3) is 1.00. The molecule has 2 aliphatic heterocycles. The third kappa shape index (κ3) is 3.57. The monoisotopic (exact) mass is 326 g/mol. The molecule has 10 heteroatoms. The fourth-order valence-electron chi connectivity index (χ4n) is 2.54. The molecule has 10 nitrogen and oxygen atoms in total. The number of aliphatic hydroxyl groups is 7. The second-order valence-corrected chi connectivity index (χ2v) is 5.43. The summed E-state index contributed by atoms with van der Waals surface area (Å²) >= 11 is 0. The van der Waals surface area contributed by atoms with Gasteiger partial charge in [0.1, 0.15) is 36.6 Å². The fourth-order valence-corrected chi connectivity index (χ4v) is 2.54. The van der Waals surface area contributed by atoms with Crippen LogP contribution in [0.2, 0.25) is 0 Å². The van der Waals surface area contributed by atoms with Crippen molar-refractivity contribution < 1.29 is 50.0 Å². The summed E-state index contributed by atoms with van der Waals surface area (Å²) in [7, 11) is 0. The second-order valence-electron chi connectivity index (χ2n) is 5.43. The molecule has 2 saturated heterocycles. The molecule has 0 saturated carbocycles. The molecule has 0 aliphatic carbocycles. The maximum atomic E-state index is 9.94. The van der Waals surface area contributed by atoms with Gasteiger partial charge in [-0.05, 0) is 0 Å². The summed E-state index contributed by atoms with van der Waals surface area (Å²) in [5.41, 5.74) is 0. The van der Waals surface area contributed by atoms with E-state index < -0.39 is 68.5 Å². The van der Waals surface area contributed by atoms with Crippen molar-refractivity contribution in [2.24, 2.45) is 0 Å². The summed E-state index contributed by atoms with van der Waals surface area (Å²) in [4.78, 5) is 0. The van der Waals surface area contributed by atoms with Crippen LogP contribution in [0.15, 0.2) is 0 Å². The lowest BCUT2D eigenvalue weighted by Crippen LogP contribution is -2.62. The molecule has 0 aromatic carbocycles. The minimum atomic E-state index is -1.68. The van der Waals surface area contributed by atoms with Gasteiger partial charge in [0.2, 0.25) is 0 Å². The Labute approximate surface area is 126 Å². The van der Waals surface area contributed by atoms with Crippen molar-refractivity contribution in [3.63, 3.8) is 0 Å². The molecule has 0 bridgehead atoms. The zero-order valence-electron chi connectivity index (χ0n) is 11.7. The Bertz CT molecular complexity index is 353. The van der Waals surface area contributed by atoms with Crippen LogP contribution in [-0.4, -0.2) is 104 Å². The number of aliphatic hydroxyl groups excluding tert-OH is 7. The molecule has 0 unspecified atom stereocenters. The van der Waals surface area contributed by atoms with E-state index in [1.165, 1.54) is 0 Å². The van der Waals surface area contributed by atoms with Crippen molar-refractivity contribution in [1.82, 2.24) is 0 Å². The Morgan fingerprint density at radius 2 is 1.45 bits per heavy atom. The number of hydrogen-bond donors (Lipinski definition) is 7. The summed E-state index contributed by atoms with van der Waals surface area (Å²) in [6.07, 6.45) is -12.1. The van der Waals surface area contributed by atoms with Crippen LogP contribution in [0, 0.1) is 0 Å². The van der Waals surface area contributed by atoms with Gasteiger partial charge in [-0.25, -0.2) is 0 Å². The van der Waals surface area contributed by atoms with E-state index in [2.05, 4.69) is 0 Å². The predicted molar refractivity (Wildman–Crippen MR) is 67.2 cm³/mol. The molecule has 130 valence electrons. The molecule has 9 atom stereocenters. The van der Waals surface area contributed by atoms with E-state index in [0.29, 0.717) is 0 Å². The first-order valence-corrected chi connectivity index (χ1v) is 6.97. The van der Waals surface area contributed by atoms with E-state index in [1.54, 1.807) is 0 Å². The Kier molecular flexibility index (Phi) is 6.07. The summed E-state index contributed by atoms with van der Waals surface area (Å²) in [6, 6.07) is 0. The molecule has 2 fully saturated rings. The molecule has 2 heterocycles. The van der Waals surface area contributed by atoms with Crippen LogP contribution >= 0.6 is 0 Å². The van der Waals surface area contributed by atoms with Crippen molar-refractivity contribution in [2.45, 2.75) is 61.7 Å². The number of hydrogen-bond acceptors (Lipinski definition) is 10. The average Bonchev–Trinajstić information content (AvgIpc) is 2.49. The lowest BCUT2D eigenvalue weighted by Gasteiger charge is -2.44. The molecule has 0 aromatic heterocycles. The summed E-state index contributed by atoms with van der Waals surface area (Å²) in [5.74, 6) is 0. The summed E-state index contributed by atoms with van der Waals surface area (Å²) < 4.78 is 15.5. The first-order valence-electron chi connectivity index (χ1n) is 6.97. The number of rotatable bonds is 4. The van der Waals surface area contributed by atoms with Gasteiger partial charge >= 0.3 is 0 Å². The van der Waals surface area contributed by atoms with Crippen molar-refractivity contribution in [3.05, 3.63) is 0 Å². The smallest absolute Gasteiger partial charge is 0.184 e. The van der Waals surface area contributed by atoms with E-state index >= 15 is 0 Å². The van der Waals surface area contributed by atoms with Gasteiger partial charge in [0.05, 0.1) is 19.3 Å². The van der Waals surface area contributed by atoms with E-state index in [-0.39, 0.29) is 6.42 Å². The average molecular weight is 326 g/mol. The first kappa shape index (κ1) is 17.9. The SMILES string of the molecule is OC[C@H]1O[C@@H](O)[C@H](O)[C@@H](O)[C@H]1O[C@H]1O[C@H](CO)[C@H](O)C[C@H]1O. The largest absolute Gasteiger partial charge is 0.394 e. The van der Waals surface area contributed by atoms with Crippen LogP contribution < -0.4 is 0 Å². The molecular formula is C12H22O10. The molecular weight excluding hydrogens is 304 g/mol. The molecule has 0 radical (unpaired) electrons. The Balaban J connectivity index is 2.06. The van der Waals surface area contributed by atoms with Gasteiger partial charge in [0.25, 0.3) is 0 Å². The third-order valence-corrected chi connectivity index (χ3v) is 3.85. The minimum absolute atomic E-state index is 0.117. The Morgan fingerprint density at radius 1 is 0.818 bits per heavy atom. The molecule has 22 heavy (non-hydrogen) atoms. The topological polar surface area (TPSA) is 169 Å². The normalized spacial score (nSPS) is 50.0.